The molecule has 0 fully saturated rings. The van der Waals surface area contributed by atoms with E-state index in [2.05, 4.69) is 22.4 Å². The number of anilines is 1. The highest BCUT2D eigenvalue weighted by Gasteiger charge is 2.12. The summed E-state index contributed by atoms with van der Waals surface area (Å²) >= 11 is 6.18. The average Bonchev–Trinajstić information content (AvgIpc) is 2.87. The highest BCUT2D eigenvalue weighted by Crippen LogP contribution is 2.27. The predicted octanol–water partition coefficient (Wildman–Crippen LogP) is 2.39. The molecule has 0 bridgehead atoms. The molecule has 6 nitrogen and oxygen atoms in total. The Hall–Kier alpha value is -1.66. The fraction of sp³-hybridized carbons (Fsp3) is 0.462. The molecule has 0 aliphatic rings. The van der Waals surface area contributed by atoms with E-state index in [0.29, 0.717) is 29.7 Å². The fourth-order valence-electron chi connectivity index (χ4n) is 1.76. The topological polar surface area (TPSA) is 78.8 Å². The molecule has 0 aliphatic carbocycles. The first-order chi connectivity index (χ1) is 9.72. The van der Waals surface area contributed by atoms with Crippen molar-refractivity contribution in [3.63, 3.8) is 0 Å². The Balaban J connectivity index is 2.04. The van der Waals surface area contributed by atoms with Crippen molar-refractivity contribution in [2.45, 2.75) is 26.3 Å². The van der Waals surface area contributed by atoms with Crippen LogP contribution in [0, 0.1) is 0 Å². The molecule has 7 heteroatoms. The first-order valence-electron chi connectivity index (χ1n) is 6.61. The molecule has 2 N–H and O–H groups in total. The number of hydrogen-bond donors (Lipinski definition) is 1. The number of unbranched alkanes of at least 4 members (excludes halogenated alkanes) is 1. The van der Waals surface area contributed by atoms with Gasteiger partial charge in [0.05, 0.1) is 18.2 Å². The quantitative estimate of drug-likeness (QED) is 0.627. The van der Waals surface area contributed by atoms with Crippen molar-refractivity contribution >= 4 is 17.3 Å². The van der Waals surface area contributed by atoms with Crippen LogP contribution in [0.1, 0.15) is 19.8 Å². The summed E-state index contributed by atoms with van der Waals surface area (Å²) < 4.78 is 7.20. The van der Waals surface area contributed by atoms with Gasteiger partial charge in [-0.25, -0.2) is 4.68 Å². The minimum atomic E-state index is 0.535. The highest BCUT2D eigenvalue weighted by atomic mass is 35.5. The maximum atomic E-state index is 6.18. The third-order valence-electron chi connectivity index (χ3n) is 2.86. The van der Waals surface area contributed by atoms with Crippen molar-refractivity contribution in [3.05, 3.63) is 23.2 Å². The van der Waals surface area contributed by atoms with Crippen LogP contribution < -0.4 is 5.73 Å². The largest absolute Gasteiger partial charge is 0.399 e. The Labute approximate surface area is 122 Å². The van der Waals surface area contributed by atoms with Crippen LogP contribution in [0.25, 0.3) is 11.4 Å². The van der Waals surface area contributed by atoms with Gasteiger partial charge in [0, 0.05) is 17.9 Å². The zero-order valence-electron chi connectivity index (χ0n) is 11.4. The lowest BCUT2D eigenvalue weighted by molar-refractivity contribution is 0.121. The third-order valence-corrected chi connectivity index (χ3v) is 3.17. The molecular weight excluding hydrogens is 278 g/mol. The van der Waals surface area contributed by atoms with E-state index in [1.165, 1.54) is 0 Å². The van der Waals surface area contributed by atoms with Gasteiger partial charge < -0.3 is 10.5 Å². The van der Waals surface area contributed by atoms with Crippen molar-refractivity contribution in [1.29, 1.82) is 0 Å². The van der Waals surface area contributed by atoms with Gasteiger partial charge in [0.15, 0.2) is 5.82 Å². The Kier molecular flexibility index (Phi) is 5.31. The first kappa shape index (κ1) is 14.7. The Morgan fingerprint density at radius 3 is 2.95 bits per heavy atom. The number of benzene rings is 1. The van der Waals surface area contributed by atoms with E-state index in [1.807, 2.05) is 6.07 Å². The van der Waals surface area contributed by atoms with E-state index in [4.69, 9.17) is 22.1 Å². The van der Waals surface area contributed by atoms with Gasteiger partial charge in [0.25, 0.3) is 0 Å². The average molecular weight is 296 g/mol. The van der Waals surface area contributed by atoms with Crippen LogP contribution in [0.15, 0.2) is 18.2 Å². The second kappa shape index (κ2) is 7.21. The molecule has 0 spiro atoms. The number of aromatic nitrogens is 4. The van der Waals surface area contributed by atoms with Gasteiger partial charge in [-0.05, 0) is 35.0 Å². The van der Waals surface area contributed by atoms with Crippen LogP contribution in [0.3, 0.4) is 0 Å². The fourth-order valence-corrected chi connectivity index (χ4v) is 2.03. The summed E-state index contributed by atoms with van der Waals surface area (Å²) in [5, 5.41) is 12.2. The molecule has 2 rings (SSSR count). The number of nitrogens with zero attached hydrogens (tertiary/aromatic N) is 4. The molecule has 0 saturated heterocycles. The van der Waals surface area contributed by atoms with E-state index in [0.717, 1.165) is 25.0 Å². The van der Waals surface area contributed by atoms with Gasteiger partial charge in [0.1, 0.15) is 0 Å². The van der Waals surface area contributed by atoms with Crippen molar-refractivity contribution in [2.24, 2.45) is 0 Å². The lowest BCUT2D eigenvalue weighted by Crippen LogP contribution is -2.10. The van der Waals surface area contributed by atoms with Crippen molar-refractivity contribution in [2.75, 3.05) is 18.9 Å². The maximum absolute atomic E-state index is 6.18. The standard InChI is InChI=1S/C13H18ClN5O/c1-2-3-7-20-8-6-19-13(16-17-18-19)11-5-4-10(15)9-12(11)14/h4-5,9H,2-3,6-8,15H2,1H3. The monoisotopic (exact) mass is 295 g/mol. The SMILES string of the molecule is CCCCOCCn1nnnc1-c1ccc(N)cc1Cl. The van der Waals surface area contributed by atoms with Crippen molar-refractivity contribution in [3.8, 4) is 11.4 Å². The summed E-state index contributed by atoms with van der Waals surface area (Å²) in [7, 11) is 0. The number of halogens is 1. The number of nitrogen functional groups attached to an aromatic ring is 1. The van der Waals surface area contributed by atoms with Gasteiger partial charge in [0.2, 0.25) is 0 Å². The molecule has 1 aromatic heterocycles. The van der Waals surface area contributed by atoms with Crippen LogP contribution in [-0.2, 0) is 11.3 Å². The van der Waals surface area contributed by atoms with Crippen LogP contribution in [0.2, 0.25) is 5.02 Å². The van der Waals surface area contributed by atoms with E-state index in [-0.39, 0.29) is 0 Å². The second-order valence-electron chi connectivity index (χ2n) is 4.43. The summed E-state index contributed by atoms with van der Waals surface area (Å²) in [6.07, 6.45) is 2.18. The van der Waals surface area contributed by atoms with Crippen LogP contribution in [0.4, 0.5) is 5.69 Å². The summed E-state index contributed by atoms with van der Waals surface area (Å²) in [5.41, 5.74) is 7.06. The van der Waals surface area contributed by atoms with E-state index in [1.54, 1.807) is 16.8 Å². The van der Waals surface area contributed by atoms with Gasteiger partial charge in [-0.3, -0.25) is 0 Å². The number of nitrogens with two attached hydrogens (primary N) is 1. The molecule has 2 aromatic rings. The molecule has 1 aromatic carbocycles. The van der Waals surface area contributed by atoms with E-state index in [9.17, 15) is 0 Å². The number of tetrazole rings is 1. The molecule has 0 radical (unpaired) electrons. The third kappa shape index (κ3) is 3.68. The number of rotatable bonds is 7. The predicted molar refractivity (Wildman–Crippen MR) is 78.4 cm³/mol. The molecular formula is C13H18ClN5O. The minimum absolute atomic E-state index is 0.535. The van der Waals surface area contributed by atoms with E-state index >= 15 is 0 Å². The molecule has 20 heavy (non-hydrogen) atoms. The van der Waals surface area contributed by atoms with Crippen LogP contribution >= 0.6 is 11.6 Å². The molecule has 1 heterocycles. The van der Waals surface area contributed by atoms with Gasteiger partial charge in [-0.2, -0.15) is 0 Å². The summed E-state index contributed by atoms with van der Waals surface area (Å²) in [6.45, 7) is 4.06. The smallest absolute Gasteiger partial charge is 0.183 e. The molecule has 0 saturated carbocycles. The van der Waals surface area contributed by atoms with Crippen LogP contribution in [-0.4, -0.2) is 33.4 Å². The second-order valence-corrected chi connectivity index (χ2v) is 4.84. The van der Waals surface area contributed by atoms with Crippen molar-refractivity contribution in [1.82, 2.24) is 20.2 Å². The number of ether oxygens (including phenoxy) is 1. The van der Waals surface area contributed by atoms with E-state index < -0.39 is 0 Å². The maximum Gasteiger partial charge on any atom is 0.183 e. The van der Waals surface area contributed by atoms with Gasteiger partial charge in [-0.1, -0.05) is 24.9 Å². The number of hydrogen-bond acceptors (Lipinski definition) is 5. The first-order valence-corrected chi connectivity index (χ1v) is 6.99. The Bertz CT molecular complexity index is 557. The zero-order chi connectivity index (χ0) is 14.4. The summed E-state index contributed by atoms with van der Waals surface area (Å²) in [4.78, 5) is 0. The van der Waals surface area contributed by atoms with Gasteiger partial charge >= 0.3 is 0 Å². The normalized spacial score (nSPS) is 10.9. The summed E-state index contributed by atoms with van der Waals surface area (Å²) in [5.74, 6) is 0.620. The van der Waals surface area contributed by atoms with Crippen LogP contribution in [0.5, 0.6) is 0 Å². The molecule has 0 aliphatic heterocycles. The minimum Gasteiger partial charge on any atom is -0.399 e. The van der Waals surface area contributed by atoms with Gasteiger partial charge in [-0.15, -0.1) is 5.10 Å². The Morgan fingerprint density at radius 1 is 1.35 bits per heavy atom. The molecule has 0 amide bonds. The Morgan fingerprint density at radius 2 is 2.20 bits per heavy atom. The summed E-state index contributed by atoms with van der Waals surface area (Å²) in [6, 6.07) is 5.28. The van der Waals surface area contributed by atoms with Crippen molar-refractivity contribution < 1.29 is 4.74 Å². The molecule has 0 atom stereocenters. The molecule has 108 valence electrons. The highest BCUT2D eigenvalue weighted by molar-refractivity contribution is 6.33. The lowest BCUT2D eigenvalue weighted by Gasteiger charge is -2.07. The molecule has 0 unspecified atom stereocenters. The zero-order valence-corrected chi connectivity index (χ0v) is 12.2. The lowest BCUT2D eigenvalue weighted by atomic mass is 10.2.